The smallest absolute Gasteiger partial charge is 0.266 e. The molecule has 3 rings (SSSR count). The van der Waals surface area contributed by atoms with Gasteiger partial charge in [0.1, 0.15) is 16.5 Å². The summed E-state index contributed by atoms with van der Waals surface area (Å²) in [5, 5.41) is 2.78. The van der Waals surface area contributed by atoms with Crippen molar-refractivity contribution in [3.05, 3.63) is 54.9 Å². The molecule has 0 fully saturated rings. The second-order valence-electron chi connectivity index (χ2n) is 5.46. The van der Waals surface area contributed by atoms with Crippen molar-refractivity contribution in [2.45, 2.75) is 13.8 Å². The van der Waals surface area contributed by atoms with Gasteiger partial charge in [-0.25, -0.2) is 13.8 Å². The highest BCUT2D eigenvalue weighted by molar-refractivity contribution is 9.10. The fraction of sp³-hybridized carbons (Fsp3) is 0.188. The van der Waals surface area contributed by atoms with Crippen LogP contribution in [0.2, 0.25) is 0 Å². The minimum atomic E-state index is -0.899. The van der Waals surface area contributed by atoms with E-state index < -0.39 is 17.5 Å². The topological polar surface area (TPSA) is 64.0 Å². The number of fused-ring (bicyclic) bond motifs is 1. The van der Waals surface area contributed by atoms with Gasteiger partial charge in [0.25, 0.3) is 11.5 Å². The molecule has 0 radical (unpaired) electrons. The summed E-state index contributed by atoms with van der Waals surface area (Å²) in [6.07, 6.45) is 0. The van der Waals surface area contributed by atoms with Crippen LogP contribution in [0.25, 0.3) is 10.2 Å². The number of benzene rings is 1. The maximum atomic E-state index is 13.9. The number of hydrogen-bond donors (Lipinski definition) is 1. The second kappa shape index (κ2) is 6.30. The Labute approximate surface area is 153 Å². The molecular formula is C16H12BrF2N3O2S. The lowest BCUT2D eigenvalue weighted by atomic mass is 10.2. The van der Waals surface area contributed by atoms with Crippen molar-refractivity contribution < 1.29 is 13.6 Å². The summed E-state index contributed by atoms with van der Waals surface area (Å²) >= 11 is 4.08. The van der Waals surface area contributed by atoms with E-state index in [4.69, 9.17) is 0 Å². The van der Waals surface area contributed by atoms with E-state index in [2.05, 4.69) is 26.2 Å². The van der Waals surface area contributed by atoms with Crippen LogP contribution < -0.4 is 10.9 Å². The quantitative estimate of drug-likeness (QED) is 0.674. The van der Waals surface area contributed by atoms with E-state index >= 15 is 0 Å². The Balaban J connectivity index is 2.09. The number of thiophene rings is 1. The SMILES string of the molecule is Cc1c(C(=O)Nc2c(F)cc(F)cc2Br)sc2nc(C)n(C)c(=O)c12. The molecule has 2 heterocycles. The molecule has 0 spiro atoms. The van der Waals surface area contributed by atoms with Crippen LogP contribution in [-0.2, 0) is 7.05 Å². The van der Waals surface area contributed by atoms with E-state index in [0.717, 1.165) is 17.4 Å². The van der Waals surface area contributed by atoms with Crippen molar-refractivity contribution in [3.8, 4) is 0 Å². The first-order valence-corrected chi connectivity index (χ1v) is 8.74. The van der Waals surface area contributed by atoms with Gasteiger partial charge in [-0.05, 0) is 41.4 Å². The summed E-state index contributed by atoms with van der Waals surface area (Å²) in [5.41, 5.74) is 0.0639. The van der Waals surface area contributed by atoms with E-state index in [1.54, 1.807) is 20.9 Å². The van der Waals surface area contributed by atoms with Crippen LogP contribution >= 0.6 is 27.3 Å². The highest BCUT2D eigenvalue weighted by Gasteiger charge is 2.21. The number of halogens is 3. The number of carbonyl (C=O) groups excluding carboxylic acids is 1. The third kappa shape index (κ3) is 2.98. The first-order valence-electron chi connectivity index (χ1n) is 7.13. The van der Waals surface area contributed by atoms with Crippen molar-refractivity contribution in [2.75, 3.05) is 5.32 Å². The maximum absolute atomic E-state index is 13.9. The lowest BCUT2D eigenvalue weighted by molar-refractivity contribution is 0.102. The highest BCUT2D eigenvalue weighted by Crippen LogP contribution is 2.31. The number of hydrogen-bond acceptors (Lipinski definition) is 4. The third-order valence-electron chi connectivity index (χ3n) is 3.85. The molecule has 0 saturated heterocycles. The molecular weight excluding hydrogens is 416 g/mol. The summed E-state index contributed by atoms with van der Waals surface area (Å²) in [4.78, 5) is 30.0. The second-order valence-corrected chi connectivity index (χ2v) is 7.31. The number of nitrogens with one attached hydrogen (secondary N) is 1. The number of amides is 1. The van der Waals surface area contributed by atoms with Crippen LogP contribution in [0.3, 0.4) is 0 Å². The Morgan fingerprint density at radius 1 is 1.32 bits per heavy atom. The van der Waals surface area contributed by atoms with Gasteiger partial charge in [0, 0.05) is 17.6 Å². The molecule has 3 aromatic rings. The normalized spacial score (nSPS) is 11.1. The number of carbonyl (C=O) groups is 1. The van der Waals surface area contributed by atoms with Crippen LogP contribution in [0.1, 0.15) is 21.1 Å². The molecule has 0 unspecified atom stereocenters. The molecule has 0 aliphatic heterocycles. The summed E-state index contributed by atoms with van der Waals surface area (Å²) in [6, 6.07) is 1.73. The number of aryl methyl sites for hydroxylation is 2. The Hall–Kier alpha value is -2.13. The minimum absolute atomic E-state index is 0.0852. The zero-order valence-electron chi connectivity index (χ0n) is 13.4. The van der Waals surface area contributed by atoms with Crippen molar-refractivity contribution in [3.63, 3.8) is 0 Å². The van der Waals surface area contributed by atoms with Gasteiger partial charge in [0.2, 0.25) is 0 Å². The molecule has 0 aliphatic rings. The van der Waals surface area contributed by atoms with Crippen molar-refractivity contribution in [1.29, 1.82) is 0 Å². The zero-order valence-corrected chi connectivity index (χ0v) is 15.8. The van der Waals surface area contributed by atoms with Gasteiger partial charge in [-0.2, -0.15) is 0 Å². The van der Waals surface area contributed by atoms with Gasteiger partial charge in [0.05, 0.1) is 16.0 Å². The van der Waals surface area contributed by atoms with Crippen LogP contribution in [-0.4, -0.2) is 15.5 Å². The van der Waals surface area contributed by atoms with Gasteiger partial charge < -0.3 is 5.32 Å². The standard InChI is InChI=1S/C16H12BrF2N3O2S/c1-6-11-15(20-7(2)22(3)16(11)24)25-13(6)14(23)21-12-9(17)4-8(18)5-10(12)19/h4-5H,1-3H3,(H,21,23). The van der Waals surface area contributed by atoms with Gasteiger partial charge >= 0.3 is 0 Å². The lowest BCUT2D eigenvalue weighted by Crippen LogP contribution is -2.20. The van der Waals surface area contributed by atoms with Crippen molar-refractivity contribution in [2.24, 2.45) is 7.05 Å². The van der Waals surface area contributed by atoms with E-state index in [1.807, 2.05) is 0 Å². The largest absolute Gasteiger partial charge is 0.318 e. The molecule has 1 N–H and O–H groups in total. The van der Waals surface area contributed by atoms with Crippen molar-refractivity contribution >= 4 is 49.1 Å². The summed E-state index contributed by atoms with van der Waals surface area (Å²) < 4.78 is 28.6. The van der Waals surface area contributed by atoms with E-state index in [9.17, 15) is 18.4 Å². The molecule has 0 bridgehead atoms. The predicted molar refractivity (Wildman–Crippen MR) is 96.3 cm³/mol. The molecule has 9 heteroatoms. The molecule has 0 aliphatic carbocycles. The molecule has 5 nitrogen and oxygen atoms in total. The number of aromatic nitrogens is 2. The van der Waals surface area contributed by atoms with Gasteiger partial charge in [0.15, 0.2) is 5.82 Å². The first-order chi connectivity index (χ1) is 11.7. The molecule has 2 aromatic heterocycles. The summed E-state index contributed by atoms with van der Waals surface area (Å²) in [7, 11) is 1.60. The average molecular weight is 428 g/mol. The minimum Gasteiger partial charge on any atom is -0.318 e. The summed E-state index contributed by atoms with van der Waals surface area (Å²) in [6.45, 7) is 3.34. The van der Waals surface area contributed by atoms with Crippen LogP contribution in [0, 0.1) is 25.5 Å². The Bertz CT molecular complexity index is 1070. The summed E-state index contributed by atoms with van der Waals surface area (Å²) in [5.74, 6) is -1.73. The first kappa shape index (κ1) is 17.7. The maximum Gasteiger partial charge on any atom is 0.266 e. The van der Waals surface area contributed by atoms with Crippen LogP contribution in [0.4, 0.5) is 14.5 Å². The van der Waals surface area contributed by atoms with Gasteiger partial charge in [-0.3, -0.25) is 14.2 Å². The van der Waals surface area contributed by atoms with E-state index in [0.29, 0.717) is 27.7 Å². The zero-order chi connectivity index (χ0) is 18.5. The van der Waals surface area contributed by atoms with E-state index in [-0.39, 0.29) is 20.6 Å². The van der Waals surface area contributed by atoms with E-state index in [1.165, 1.54) is 4.57 Å². The number of anilines is 1. The predicted octanol–water partition coefficient (Wildman–Crippen LogP) is 3.90. The molecule has 25 heavy (non-hydrogen) atoms. The van der Waals surface area contributed by atoms with Gasteiger partial charge in [-0.1, -0.05) is 0 Å². The number of nitrogens with zero attached hydrogens (tertiary/aromatic N) is 2. The fourth-order valence-electron chi connectivity index (χ4n) is 2.41. The fourth-order valence-corrected chi connectivity index (χ4v) is 4.03. The monoisotopic (exact) mass is 427 g/mol. The van der Waals surface area contributed by atoms with Gasteiger partial charge in [-0.15, -0.1) is 11.3 Å². The molecule has 0 saturated carbocycles. The molecule has 1 amide bonds. The Morgan fingerprint density at radius 2 is 2.00 bits per heavy atom. The molecule has 0 atom stereocenters. The number of rotatable bonds is 2. The molecule has 1 aromatic carbocycles. The lowest BCUT2D eigenvalue weighted by Gasteiger charge is -2.08. The average Bonchev–Trinajstić information content (AvgIpc) is 2.85. The highest BCUT2D eigenvalue weighted by atomic mass is 79.9. The van der Waals surface area contributed by atoms with Crippen LogP contribution in [0.5, 0.6) is 0 Å². The Kier molecular flexibility index (Phi) is 4.46. The van der Waals surface area contributed by atoms with Crippen molar-refractivity contribution in [1.82, 2.24) is 9.55 Å². The Morgan fingerprint density at radius 3 is 2.64 bits per heavy atom. The van der Waals surface area contributed by atoms with Crippen LogP contribution in [0.15, 0.2) is 21.4 Å². The molecule has 130 valence electrons. The third-order valence-corrected chi connectivity index (χ3v) is 5.66.